The van der Waals surface area contributed by atoms with Crippen LogP contribution in [0.5, 0.6) is 0 Å². The summed E-state index contributed by atoms with van der Waals surface area (Å²) in [6, 6.07) is 23.3. The first-order chi connectivity index (χ1) is 18.3. The van der Waals surface area contributed by atoms with Gasteiger partial charge in [0.2, 0.25) is 15.9 Å². The molecule has 9 heteroatoms. The molecule has 1 aliphatic heterocycles. The maximum absolute atomic E-state index is 13.0. The maximum atomic E-state index is 13.0. The number of anilines is 2. The Hall–Kier alpha value is -3.69. The average molecular weight is 535 g/mol. The molecule has 0 aliphatic carbocycles. The molecule has 0 aromatic heterocycles. The Morgan fingerprint density at radius 1 is 0.868 bits per heavy atom. The molecule has 0 saturated carbocycles. The number of amides is 2. The summed E-state index contributed by atoms with van der Waals surface area (Å²) in [5.74, 6) is -0.344. The van der Waals surface area contributed by atoms with Gasteiger partial charge in [-0.3, -0.25) is 9.59 Å². The molecule has 1 saturated heterocycles. The van der Waals surface area contributed by atoms with Crippen molar-refractivity contribution in [2.24, 2.45) is 0 Å². The van der Waals surface area contributed by atoms with E-state index in [4.69, 9.17) is 0 Å². The van der Waals surface area contributed by atoms with Gasteiger partial charge in [0.1, 0.15) is 0 Å². The smallest absolute Gasteiger partial charge is 0.253 e. The number of nitrogens with zero attached hydrogens (tertiary/aromatic N) is 3. The van der Waals surface area contributed by atoms with Crippen LogP contribution in [0.15, 0.2) is 83.8 Å². The van der Waals surface area contributed by atoms with Crippen molar-refractivity contribution in [3.8, 4) is 0 Å². The molecule has 200 valence electrons. The fourth-order valence-electron chi connectivity index (χ4n) is 4.44. The summed E-state index contributed by atoms with van der Waals surface area (Å²) >= 11 is 0. The molecule has 0 unspecified atom stereocenters. The Morgan fingerprint density at radius 2 is 1.50 bits per heavy atom. The molecule has 3 aromatic rings. The van der Waals surface area contributed by atoms with Crippen molar-refractivity contribution in [3.05, 3.63) is 90.0 Å². The first-order valence-corrected chi connectivity index (χ1v) is 14.3. The summed E-state index contributed by atoms with van der Waals surface area (Å²) in [6.07, 6.45) is 0.595. The predicted octanol–water partition coefficient (Wildman–Crippen LogP) is 4.00. The van der Waals surface area contributed by atoms with Crippen LogP contribution in [0.1, 0.15) is 29.3 Å². The van der Waals surface area contributed by atoms with Crippen LogP contribution in [0.2, 0.25) is 0 Å². The van der Waals surface area contributed by atoms with Crippen LogP contribution >= 0.6 is 0 Å². The van der Waals surface area contributed by atoms with E-state index in [0.29, 0.717) is 43.9 Å². The standard InChI is InChI=1S/C29H34N4O4S/c1-3-17-33(38(36,37)27-7-5-4-6-8-27)22-28(34)30-25-13-15-26(16-14-25)31-18-20-32(21-19-31)29(35)24-11-9-23(2)10-12-24/h4-16H,3,17-22H2,1-2H3,(H,30,34). The lowest BCUT2D eigenvalue weighted by Crippen LogP contribution is -2.48. The van der Waals surface area contributed by atoms with Gasteiger partial charge in [-0.15, -0.1) is 0 Å². The van der Waals surface area contributed by atoms with Gasteiger partial charge in [-0.1, -0.05) is 42.8 Å². The summed E-state index contributed by atoms with van der Waals surface area (Å²) < 4.78 is 27.2. The normalized spacial score (nSPS) is 14.0. The average Bonchev–Trinajstić information content (AvgIpc) is 2.94. The fraction of sp³-hybridized carbons (Fsp3) is 0.310. The van der Waals surface area contributed by atoms with Crippen LogP contribution in [0, 0.1) is 6.92 Å². The minimum atomic E-state index is -3.76. The van der Waals surface area contributed by atoms with Gasteiger partial charge in [0.15, 0.2) is 0 Å². The van der Waals surface area contributed by atoms with Crippen LogP contribution in [0.4, 0.5) is 11.4 Å². The van der Waals surface area contributed by atoms with E-state index in [0.717, 1.165) is 11.3 Å². The molecular formula is C29H34N4O4S. The Labute approximate surface area is 224 Å². The van der Waals surface area contributed by atoms with E-state index in [1.54, 1.807) is 18.2 Å². The maximum Gasteiger partial charge on any atom is 0.253 e. The van der Waals surface area contributed by atoms with Gasteiger partial charge in [0, 0.05) is 49.7 Å². The van der Waals surface area contributed by atoms with E-state index in [9.17, 15) is 18.0 Å². The summed E-state index contributed by atoms with van der Waals surface area (Å²) in [6.45, 7) is 6.57. The Morgan fingerprint density at radius 3 is 2.11 bits per heavy atom. The van der Waals surface area contributed by atoms with Crippen LogP contribution in [-0.4, -0.2) is 68.7 Å². The van der Waals surface area contributed by atoms with E-state index in [-0.39, 0.29) is 23.9 Å². The first-order valence-electron chi connectivity index (χ1n) is 12.8. The third-order valence-corrected chi connectivity index (χ3v) is 8.41. The number of hydrogen-bond acceptors (Lipinski definition) is 5. The molecule has 2 amide bonds. The number of nitrogens with one attached hydrogen (secondary N) is 1. The highest BCUT2D eigenvalue weighted by molar-refractivity contribution is 7.89. The van der Waals surface area contributed by atoms with Crippen molar-refractivity contribution in [1.82, 2.24) is 9.21 Å². The number of carbonyl (C=O) groups excluding carboxylic acids is 2. The molecule has 1 aliphatic rings. The molecular weight excluding hydrogens is 500 g/mol. The molecule has 4 rings (SSSR count). The van der Waals surface area contributed by atoms with Gasteiger partial charge in [-0.05, 0) is 61.9 Å². The number of benzene rings is 3. The van der Waals surface area contributed by atoms with E-state index >= 15 is 0 Å². The molecule has 38 heavy (non-hydrogen) atoms. The zero-order valence-electron chi connectivity index (χ0n) is 21.8. The molecule has 8 nitrogen and oxygen atoms in total. The van der Waals surface area contributed by atoms with Gasteiger partial charge < -0.3 is 15.1 Å². The SMILES string of the molecule is CCCN(CC(=O)Nc1ccc(N2CCN(C(=O)c3ccc(C)cc3)CC2)cc1)S(=O)(=O)c1ccccc1. The molecule has 0 atom stereocenters. The van der Waals surface area contributed by atoms with Crippen molar-refractivity contribution in [3.63, 3.8) is 0 Å². The number of piperazine rings is 1. The second-order valence-corrected chi connectivity index (χ2v) is 11.3. The molecule has 1 N–H and O–H groups in total. The van der Waals surface area contributed by atoms with Crippen LogP contribution in [0.3, 0.4) is 0 Å². The third kappa shape index (κ3) is 6.59. The van der Waals surface area contributed by atoms with Crippen LogP contribution < -0.4 is 10.2 Å². The summed E-state index contributed by atoms with van der Waals surface area (Å²) in [7, 11) is -3.76. The van der Waals surface area contributed by atoms with Gasteiger partial charge in [0.25, 0.3) is 5.91 Å². The molecule has 1 fully saturated rings. The molecule has 0 radical (unpaired) electrons. The number of hydrogen-bond donors (Lipinski definition) is 1. The quantitative estimate of drug-likeness (QED) is 0.448. The Kier molecular flexibility index (Phi) is 8.81. The Bertz CT molecular complexity index is 1340. The zero-order chi connectivity index (χ0) is 27.1. The lowest BCUT2D eigenvalue weighted by atomic mass is 10.1. The second-order valence-electron chi connectivity index (χ2n) is 9.39. The molecule has 3 aromatic carbocycles. The number of aryl methyl sites for hydroxylation is 1. The van der Waals surface area contributed by atoms with Crippen molar-refractivity contribution < 1.29 is 18.0 Å². The van der Waals surface area contributed by atoms with E-state index < -0.39 is 15.9 Å². The highest BCUT2D eigenvalue weighted by atomic mass is 32.2. The van der Waals surface area contributed by atoms with Crippen LogP contribution in [0.25, 0.3) is 0 Å². The number of sulfonamides is 1. The summed E-state index contributed by atoms with van der Waals surface area (Å²) in [5.41, 5.74) is 3.44. The minimum Gasteiger partial charge on any atom is -0.368 e. The first kappa shape index (κ1) is 27.3. The lowest BCUT2D eigenvalue weighted by Gasteiger charge is -2.36. The van der Waals surface area contributed by atoms with E-state index in [1.807, 2.05) is 67.3 Å². The largest absolute Gasteiger partial charge is 0.368 e. The number of rotatable bonds is 9. The molecule has 1 heterocycles. The molecule has 0 spiro atoms. The van der Waals surface area contributed by atoms with Crippen LogP contribution in [-0.2, 0) is 14.8 Å². The minimum absolute atomic E-state index is 0.0501. The van der Waals surface area contributed by atoms with Gasteiger partial charge in [0.05, 0.1) is 11.4 Å². The van der Waals surface area contributed by atoms with Crippen molar-refractivity contribution in [1.29, 1.82) is 0 Å². The predicted molar refractivity (Wildman–Crippen MR) is 150 cm³/mol. The lowest BCUT2D eigenvalue weighted by molar-refractivity contribution is -0.116. The zero-order valence-corrected chi connectivity index (χ0v) is 22.7. The summed E-state index contributed by atoms with van der Waals surface area (Å²) in [5, 5.41) is 2.81. The van der Waals surface area contributed by atoms with Crippen molar-refractivity contribution >= 4 is 33.2 Å². The van der Waals surface area contributed by atoms with Gasteiger partial charge in [-0.25, -0.2) is 8.42 Å². The monoisotopic (exact) mass is 534 g/mol. The molecule has 0 bridgehead atoms. The fourth-order valence-corrected chi connectivity index (χ4v) is 5.95. The summed E-state index contributed by atoms with van der Waals surface area (Å²) in [4.78, 5) is 29.8. The van der Waals surface area contributed by atoms with E-state index in [1.165, 1.54) is 16.4 Å². The van der Waals surface area contributed by atoms with Gasteiger partial charge in [-0.2, -0.15) is 4.31 Å². The highest BCUT2D eigenvalue weighted by Gasteiger charge is 2.26. The third-order valence-electron chi connectivity index (χ3n) is 6.56. The van der Waals surface area contributed by atoms with Crippen molar-refractivity contribution in [2.45, 2.75) is 25.2 Å². The number of carbonyl (C=O) groups is 2. The Balaban J connectivity index is 1.32. The van der Waals surface area contributed by atoms with Gasteiger partial charge >= 0.3 is 0 Å². The van der Waals surface area contributed by atoms with Crippen molar-refractivity contribution in [2.75, 3.05) is 49.5 Å². The topological polar surface area (TPSA) is 90.0 Å². The van der Waals surface area contributed by atoms with E-state index in [2.05, 4.69) is 10.2 Å². The highest BCUT2D eigenvalue weighted by Crippen LogP contribution is 2.21. The second kappa shape index (κ2) is 12.2.